The molecular formula is C23H22N2O4. The van der Waals surface area contributed by atoms with Gasteiger partial charge in [-0.3, -0.25) is 0 Å². The van der Waals surface area contributed by atoms with E-state index in [1.807, 2.05) is 57.2 Å². The molecule has 0 aliphatic carbocycles. The first kappa shape index (κ1) is 19.1. The van der Waals surface area contributed by atoms with Crippen LogP contribution >= 0.6 is 0 Å². The molecule has 1 atom stereocenters. The van der Waals surface area contributed by atoms with Gasteiger partial charge in [0.25, 0.3) is 0 Å². The standard InChI is InChI=1S/C23H22N2O4/c1-4-14-6-8-18-16(11-14)22(26)28-20(24-18)10-13(3)21-25-19-9-7-15(5-2)12-17(19)23(27)29-21/h6-9,11-13H,4-5,10H2,1-3H3. The van der Waals surface area contributed by atoms with Crippen molar-refractivity contribution in [3.05, 3.63) is 80.1 Å². The quantitative estimate of drug-likeness (QED) is 0.509. The first-order valence-electron chi connectivity index (χ1n) is 9.84. The van der Waals surface area contributed by atoms with E-state index in [2.05, 4.69) is 9.97 Å². The predicted octanol–water partition coefficient (Wildman–Crippen LogP) is 4.16. The Bertz CT molecular complexity index is 1320. The molecule has 148 valence electrons. The number of fused-ring (bicyclic) bond motifs is 2. The topological polar surface area (TPSA) is 86.2 Å². The Kier molecular flexibility index (Phi) is 5.01. The fourth-order valence-electron chi connectivity index (χ4n) is 3.39. The van der Waals surface area contributed by atoms with Crippen molar-refractivity contribution < 1.29 is 8.83 Å². The van der Waals surface area contributed by atoms with Crippen LogP contribution in [0.3, 0.4) is 0 Å². The third-order valence-electron chi connectivity index (χ3n) is 5.16. The average molecular weight is 390 g/mol. The van der Waals surface area contributed by atoms with Gasteiger partial charge in [-0.1, -0.05) is 32.9 Å². The van der Waals surface area contributed by atoms with E-state index >= 15 is 0 Å². The highest BCUT2D eigenvalue weighted by Crippen LogP contribution is 2.21. The summed E-state index contributed by atoms with van der Waals surface area (Å²) in [6.07, 6.45) is 1.97. The van der Waals surface area contributed by atoms with Crippen LogP contribution in [-0.2, 0) is 19.3 Å². The molecule has 2 heterocycles. The number of benzene rings is 2. The Morgan fingerprint density at radius 3 is 1.97 bits per heavy atom. The molecule has 0 fully saturated rings. The number of aromatic nitrogens is 2. The molecular weight excluding hydrogens is 368 g/mol. The molecule has 4 aromatic rings. The highest BCUT2D eigenvalue weighted by atomic mass is 16.4. The van der Waals surface area contributed by atoms with E-state index in [9.17, 15) is 9.59 Å². The summed E-state index contributed by atoms with van der Waals surface area (Å²) in [7, 11) is 0. The zero-order chi connectivity index (χ0) is 20.5. The maximum atomic E-state index is 12.4. The zero-order valence-electron chi connectivity index (χ0n) is 16.7. The lowest BCUT2D eigenvalue weighted by molar-refractivity contribution is 0.380. The summed E-state index contributed by atoms with van der Waals surface area (Å²) < 4.78 is 10.9. The normalized spacial score (nSPS) is 12.5. The average Bonchev–Trinajstić information content (AvgIpc) is 2.73. The minimum absolute atomic E-state index is 0.277. The fourth-order valence-corrected chi connectivity index (χ4v) is 3.39. The van der Waals surface area contributed by atoms with E-state index in [0.29, 0.717) is 40.0 Å². The van der Waals surface area contributed by atoms with Crippen LogP contribution in [0.15, 0.2) is 54.8 Å². The van der Waals surface area contributed by atoms with E-state index < -0.39 is 11.3 Å². The van der Waals surface area contributed by atoms with Gasteiger partial charge in [0.2, 0.25) is 5.89 Å². The van der Waals surface area contributed by atoms with E-state index in [1.165, 1.54) is 0 Å². The van der Waals surface area contributed by atoms with E-state index in [4.69, 9.17) is 8.83 Å². The zero-order valence-corrected chi connectivity index (χ0v) is 16.7. The molecule has 0 bridgehead atoms. The van der Waals surface area contributed by atoms with Gasteiger partial charge in [-0.05, 0) is 48.2 Å². The van der Waals surface area contributed by atoms with Crippen molar-refractivity contribution in [3.8, 4) is 0 Å². The monoisotopic (exact) mass is 390 g/mol. The molecule has 2 aromatic carbocycles. The van der Waals surface area contributed by atoms with Gasteiger partial charge in [-0.15, -0.1) is 0 Å². The van der Waals surface area contributed by atoms with Crippen molar-refractivity contribution in [1.82, 2.24) is 9.97 Å². The van der Waals surface area contributed by atoms with Gasteiger partial charge in [0.05, 0.1) is 21.8 Å². The summed E-state index contributed by atoms with van der Waals surface area (Å²) in [6, 6.07) is 11.2. The van der Waals surface area contributed by atoms with Gasteiger partial charge in [-0.2, -0.15) is 0 Å². The molecule has 6 heteroatoms. The number of hydrogen-bond acceptors (Lipinski definition) is 6. The summed E-state index contributed by atoms with van der Waals surface area (Å²) in [5.41, 5.74) is 2.49. The van der Waals surface area contributed by atoms with Gasteiger partial charge in [0, 0.05) is 12.3 Å². The second-order valence-corrected chi connectivity index (χ2v) is 7.25. The van der Waals surface area contributed by atoms with Gasteiger partial charge in [0.15, 0.2) is 5.89 Å². The number of aryl methyl sites for hydroxylation is 2. The van der Waals surface area contributed by atoms with Crippen molar-refractivity contribution >= 4 is 21.8 Å². The predicted molar refractivity (Wildman–Crippen MR) is 111 cm³/mol. The summed E-state index contributed by atoms with van der Waals surface area (Å²) >= 11 is 0. The number of nitrogens with zero attached hydrogens (tertiary/aromatic N) is 2. The first-order chi connectivity index (χ1) is 14.0. The lowest BCUT2D eigenvalue weighted by Gasteiger charge is -2.10. The van der Waals surface area contributed by atoms with E-state index in [0.717, 1.165) is 24.0 Å². The van der Waals surface area contributed by atoms with Crippen molar-refractivity contribution in [2.45, 2.75) is 46.0 Å². The lowest BCUT2D eigenvalue weighted by Crippen LogP contribution is -2.12. The SMILES string of the molecule is CCc1ccc2nc(CC(C)c3nc4ccc(CC)cc4c(=O)o3)oc(=O)c2c1. The maximum absolute atomic E-state index is 12.4. The Morgan fingerprint density at radius 1 is 0.828 bits per heavy atom. The van der Waals surface area contributed by atoms with Crippen molar-refractivity contribution in [1.29, 1.82) is 0 Å². The van der Waals surface area contributed by atoms with Crippen LogP contribution in [0.25, 0.3) is 21.8 Å². The Morgan fingerprint density at radius 2 is 1.38 bits per heavy atom. The molecule has 0 amide bonds. The summed E-state index contributed by atoms with van der Waals surface area (Å²) in [4.78, 5) is 33.8. The van der Waals surface area contributed by atoms with Crippen LogP contribution in [0.1, 0.15) is 49.6 Å². The summed E-state index contributed by atoms with van der Waals surface area (Å²) in [5, 5.41) is 0.949. The third-order valence-corrected chi connectivity index (χ3v) is 5.16. The molecule has 0 aliphatic rings. The van der Waals surface area contributed by atoms with Crippen LogP contribution < -0.4 is 11.3 Å². The van der Waals surface area contributed by atoms with Crippen molar-refractivity contribution in [3.63, 3.8) is 0 Å². The molecule has 0 spiro atoms. The molecule has 0 saturated heterocycles. The molecule has 0 radical (unpaired) electrons. The van der Waals surface area contributed by atoms with Crippen molar-refractivity contribution in [2.75, 3.05) is 0 Å². The molecule has 0 N–H and O–H groups in total. The molecule has 29 heavy (non-hydrogen) atoms. The highest BCUT2D eigenvalue weighted by Gasteiger charge is 2.17. The second-order valence-electron chi connectivity index (χ2n) is 7.25. The molecule has 1 unspecified atom stereocenters. The maximum Gasteiger partial charge on any atom is 0.346 e. The summed E-state index contributed by atoms with van der Waals surface area (Å²) in [5.74, 6) is 0.323. The Hall–Kier alpha value is -3.28. The van der Waals surface area contributed by atoms with Gasteiger partial charge >= 0.3 is 11.3 Å². The fraction of sp³-hybridized carbons (Fsp3) is 0.304. The lowest BCUT2D eigenvalue weighted by atomic mass is 10.1. The molecule has 6 nitrogen and oxygen atoms in total. The van der Waals surface area contributed by atoms with E-state index in [1.54, 1.807) is 0 Å². The largest absolute Gasteiger partial charge is 0.408 e. The number of rotatable bonds is 5. The van der Waals surface area contributed by atoms with Gasteiger partial charge in [0.1, 0.15) is 0 Å². The first-order valence-corrected chi connectivity index (χ1v) is 9.84. The second kappa shape index (κ2) is 7.62. The van der Waals surface area contributed by atoms with Gasteiger partial charge < -0.3 is 8.83 Å². The van der Waals surface area contributed by atoms with Crippen LogP contribution in [0.5, 0.6) is 0 Å². The summed E-state index contributed by atoms with van der Waals surface area (Å²) in [6.45, 7) is 5.92. The Labute approximate surface area is 167 Å². The Balaban J connectivity index is 1.68. The van der Waals surface area contributed by atoms with E-state index in [-0.39, 0.29) is 5.92 Å². The smallest absolute Gasteiger partial charge is 0.346 e. The van der Waals surface area contributed by atoms with Crippen LogP contribution in [0, 0.1) is 0 Å². The van der Waals surface area contributed by atoms with Crippen LogP contribution in [0.2, 0.25) is 0 Å². The number of hydrogen-bond donors (Lipinski definition) is 0. The van der Waals surface area contributed by atoms with Crippen molar-refractivity contribution in [2.24, 2.45) is 0 Å². The minimum atomic E-state index is -0.410. The van der Waals surface area contributed by atoms with Gasteiger partial charge in [-0.25, -0.2) is 19.6 Å². The third kappa shape index (κ3) is 3.70. The molecule has 0 saturated carbocycles. The highest BCUT2D eigenvalue weighted by molar-refractivity contribution is 5.78. The minimum Gasteiger partial charge on any atom is -0.408 e. The molecule has 4 rings (SSSR count). The van der Waals surface area contributed by atoms with Crippen LogP contribution in [0.4, 0.5) is 0 Å². The molecule has 2 aromatic heterocycles. The van der Waals surface area contributed by atoms with Crippen LogP contribution in [-0.4, -0.2) is 9.97 Å². The molecule has 0 aliphatic heterocycles.